The zero-order valence-electron chi connectivity index (χ0n) is 11.5. The Morgan fingerprint density at radius 3 is 2.95 bits per heavy atom. The first-order valence-electron chi connectivity index (χ1n) is 6.66. The van der Waals surface area contributed by atoms with Crippen molar-refractivity contribution in [2.45, 2.75) is 13.3 Å². The number of benzene rings is 1. The van der Waals surface area contributed by atoms with Crippen LogP contribution in [0.2, 0.25) is 0 Å². The number of carboxylic acid groups (broad SMARTS) is 1. The highest BCUT2D eigenvalue weighted by Gasteiger charge is 2.32. The molecule has 0 spiro atoms. The van der Waals surface area contributed by atoms with Gasteiger partial charge >= 0.3 is 12.0 Å². The molecule has 2 amide bonds. The van der Waals surface area contributed by atoms with E-state index in [0.29, 0.717) is 18.2 Å². The third-order valence-corrected chi connectivity index (χ3v) is 4.40. The van der Waals surface area contributed by atoms with Crippen LogP contribution < -0.4 is 5.32 Å². The van der Waals surface area contributed by atoms with Crippen molar-refractivity contribution >= 4 is 38.7 Å². The van der Waals surface area contributed by atoms with Gasteiger partial charge in [0.2, 0.25) is 0 Å². The maximum absolute atomic E-state index is 12.0. The van der Waals surface area contributed by atoms with Gasteiger partial charge in [0, 0.05) is 19.0 Å². The number of aromatic nitrogens is 1. The van der Waals surface area contributed by atoms with Gasteiger partial charge in [-0.25, -0.2) is 9.78 Å². The number of thiazole rings is 1. The van der Waals surface area contributed by atoms with Gasteiger partial charge in [0.1, 0.15) is 0 Å². The lowest BCUT2D eigenvalue weighted by Crippen LogP contribution is -2.52. The lowest BCUT2D eigenvalue weighted by atomic mass is 9.97. The topological polar surface area (TPSA) is 82.5 Å². The largest absolute Gasteiger partial charge is 0.481 e. The number of aliphatic carboxylic acids is 1. The zero-order chi connectivity index (χ0) is 15.0. The predicted molar refractivity (Wildman–Crippen MR) is 80.7 cm³/mol. The molecule has 7 heteroatoms. The fourth-order valence-corrected chi connectivity index (χ4v) is 3.32. The smallest absolute Gasteiger partial charge is 0.323 e. The number of fused-ring (bicyclic) bond motifs is 1. The number of likely N-dealkylation sites (tertiary alicyclic amines) is 1. The van der Waals surface area contributed by atoms with Crippen molar-refractivity contribution < 1.29 is 14.7 Å². The highest BCUT2D eigenvalue weighted by Crippen LogP contribution is 2.27. The molecule has 1 aromatic heterocycles. The summed E-state index contributed by atoms with van der Waals surface area (Å²) in [7, 11) is 0. The summed E-state index contributed by atoms with van der Waals surface area (Å²) in [5, 5.41) is 12.0. The molecule has 1 aliphatic heterocycles. The lowest BCUT2D eigenvalue weighted by molar-refractivity contribution is -0.139. The average Bonchev–Trinajstić information content (AvgIpc) is 2.73. The third-order valence-electron chi connectivity index (χ3n) is 3.47. The molecule has 0 radical (unpaired) electrons. The Labute approximate surface area is 125 Å². The number of carboxylic acids is 1. The van der Waals surface area contributed by atoms with E-state index in [1.807, 2.05) is 25.1 Å². The number of aryl methyl sites for hydroxylation is 1. The molecule has 3 rings (SSSR count). The second-order valence-corrected chi connectivity index (χ2v) is 6.32. The van der Waals surface area contributed by atoms with Gasteiger partial charge in [-0.1, -0.05) is 17.4 Å². The quantitative estimate of drug-likeness (QED) is 0.913. The number of hydrogen-bond donors (Lipinski definition) is 2. The molecule has 0 saturated carbocycles. The molecule has 1 aromatic carbocycles. The van der Waals surface area contributed by atoms with Crippen LogP contribution in [0.5, 0.6) is 0 Å². The van der Waals surface area contributed by atoms with Crippen molar-refractivity contribution in [1.82, 2.24) is 9.88 Å². The number of nitrogens with zero attached hydrogens (tertiary/aromatic N) is 2. The van der Waals surface area contributed by atoms with Crippen LogP contribution in [0.15, 0.2) is 18.2 Å². The summed E-state index contributed by atoms with van der Waals surface area (Å²) >= 11 is 1.44. The van der Waals surface area contributed by atoms with Gasteiger partial charge in [-0.3, -0.25) is 10.1 Å². The predicted octanol–water partition coefficient (Wildman–Crippen LogP) is 2.54. The van der Waals surface area contributed by atoms with E-state index in [9.17, 15) is 9.59 Å². The Kier molecular flexibility index (Phi) is 3.50. The molecule has 21 heavy (non-hydrogen) atoms. The summed E-state index contributed by atoms with van der Waals surface area (Å²) in [5.41, 5.74) is 2.02. The van der Waals surface area contributed by atoms with Crippen LogP contribution in [0.25, 0.3) is 10.2 Å². The first-order chi connectivity index (χ1) is 10.0. The molecule has 1 saturated heterocycles. The Hall–Kier alpha value is -2.15. The molecule has 2 N–H and O–H groups in total. The van der Waals surface area contributed by atoms with Crippen molar-refractivity contribution in [3.63, 3.8) is 0 Å². The van der Waals surface area contributed by atoms with Gasteiger partial charge < -0.3 is 10.0 Å². The first kappa shape index (κ1) is 13.8. The molecule has 0 atom stereocenters. The van der Waals surface area contributed by atoms with Crippen LogP contribution in [0.3, 0.4) is 0 Å². The summed E-state index contributed by atoms with van der Waals surface area (Å²) < 4.78 is 1.04. The highest BCUT2D eigenvalue weighted by molar-refractivity contribution is 7.22. The fourth-order valence-electron chi connectivity index (χ4n) is 2.37. The molecular weight excluding hydrogens is 290 g/mol. The Morgan fingerprint density at radius 2 is 2.24 bits per heavy atom. The van der Waals surface area contributed by atoms with Crippen molar-refractivity contribution in [2.75, 3.05) is 18.4 Å². The second-order valence-electron chi connectivity index (χ2n) is 5.29. The van der Waals surface area contributed by atoms with Crippen molar-refractivity contribution in [2.24, 2.45) is 5.92 Å². The third kappa shape index (κ3) is 2.97. The second kappa shape index (κ2) is 5.33. The Bertz CT molecular complexity index is 707. The van der Waals surface area contributed by atoms with E-state index in [-0.39, 0.29) is 18.4 Å². The minimum absolute atomic E-state index is 0.0614. The first-order valence-corrected chi connectivity index (χ1v) is 7.48. The van der Waals surface area contributed by atoms with Gasteiger partial charge in [-0.05, 0) is 24.6 Å². The maximum Gasteiger partial charge on any atom is 0.323 e. The van der Waals surface area contributed by atoms with Crippen LogP contribution in [-0.2, 0) is 4.79 Å². The monoisotopic (exact) mass is 305 g/mol. The number of anilines is 1. The lowest BCUT2D eigenvalue weighted by Gasteiger charge is -2.38. The van der Waals surface area contributed by atoms with Crippen LogP contribution in [-0.4, -0.2) is 40.1 Å². The SMILES string of the molecule is Cc1ccc2nc(NC(=O)N3CC(CC(=O)O)C3)sc2c1. The highest BCUT2D eigenvalue weighted by atomic mass is 32.1. The number of hydrogen-bond acceptors (Lipinski definition) is 4. The van der Waals surface area contributed by atoms with E-state index in [2.05, 4.69) is 10.3 Å². The Balaban J connectivity index is 1.61. The number of nitrogens with one attached hydrogen (secondary N) is 1. The summed E-state index contributed by atoms with van der Waals surface area (Å²) in [4.78, 5) is 28.5. The van der Waals surface area contributed by atoms with Crippen molar-refractivity contribution in [3.8, 4) is 0 Å². The zero-order valence-corrected chi connectivity index (χ0v) is 12.3. The number of carbonyl (C=O) groups excluding carboxylic acids is 1. The van der Waals surface area contributed by atoms with Crippen LogP contribution in [0, 0.1) is 12.8 Å². The summed E-state index contributed by atoms with van der Waals surface area (Å²) in [5.74, 6) is -0.757. The molecule has 110 valence electrons. The van der Waals surface area contributed by atoms with Crippen LogP contribution in [0.4, 0.5) is 9.93 Å². The molecule has 1 aliphatic rings. The summed E-state index contributed by atoms with van der Waals surface area (Å²) in [6.45, 7) is 2.99. The fraction of sp³-hybridized carbons (Fsp3) is 0.357. The molecule has 2 aromatic rings. The molecule has 6 nitrogen and oxygen atoms in total. The van der Waals surface area contributed by atoms with Crippen LogP contribution >= 0.6 is 11.3 Å². The average molecular weight is 305 g/mol. The minimum atomic E-state index is -0.818. The van der Waals surface area contributed by atoms with Crippen LogP contribution in [0.1, 0.15) is 12.0 Å². The molecule has 2 heterocycles. The van der Waals surface area contributed by atoms with Gasteiger partial charge in [0.25, 0.3) is 0 Å². The van der Waals surface area contributed by atoms with Gasteiger partial charge in [0.15, 0.2) is 5.13 Å². The minimum Gasteiger partial charge on any atom is -0.481 e. The van der Waals surface area contributed by atoms with Crippen molar-refractivity contribution in [1.29, 1.82) is 0 Å². The van der Waals surface area contributed by atoms with Crippen molar-refractivity contribution in [3.05, 3.63) is 23.8 Å². The number of amides is 2. The number of urea groups is 1. The molecule has 0 unspecified atom stereocenters. The van der Waals surface area contributed by atoms with Gasteiger partial charge in [0.05, 0.1) is 16.6 Å². The van der Waals surface area contributed by atoms with E-state index in [1.165, 1.54) is 11.3 Å². The summed E-state index contributed by atoms with van der Waals surface area (Å²) in [6, 6.07) is 5.74. The Morgan fingerprint density at radius 1 is 1.48 bits per heavy atom. The molecule has 0 aliphatic carbocycles. The van der Waals surface area contributed by atoms with E-state index < -0.39 is 5.97 Å². The van der Waals surface area contributed by atoms with E-state index >= 15 is 0 Å². The van der Waals surface area contributed by atoms with Gasteiger partial charge in [-0.15, -0.1) is 0 Å². The molecule has 0 bridgehead atoms. The number of carbonyl (C=O) groups is 2. The van der Waals surface area contributed by atoms with Gasteiger partial charge in [-0.2, -0.15) is 0 Å². The number of rotatable bonds is 3. The normalized spacial score (nSPS) is 15.0. The van der Waals surface area contributed by atoms with E-state index in [4.69, 9.17) is 5.11 Å². The van der Waals surface area contributed by atoms with E-state index in [1.54, 1.807) is 4.90 Å². The maximum atomic E-state index is 12.0. The molecular formula is C14H15N3O3S. The molecule has 1 fully saturated rings. The standard InChI is InChI=1S/C14H15N3O3S/c1-8-2-3-10-11(4-8)21-13(15-10)16-14(20)17-6-9(7-17)5-12(18)19/h2-4,9H,5-7H2,1H3,(H,18,19)(H,15,16,20). The summed E-state index contributed by atoms with van der Waals surface area (Å²) in [6.07, 6.45) is 0.115. The van der Waals surface area contributed by atoms with E-state index in [0.717, 1.165) is 15.8 Å².